The zero-order valence-electron chi connectivity index (χ0n) is 17.6. The zero-order valence-corrected chi connectivity index (χ0v) is 17.6. The fourth-order valence-electron chi connectivity index (χ4n) is 5.21. The summed E-state index contributed by atoms with van der Waals surface area (Å²) in [6, 6.07) is 19.6. The number of rotatable bonds is 2. The second-order valence-corrected chi connectivity index (χ2v) is 8.88. The number of hydrogen-bond donors (Lipinski definition) is 0. The number of halogens is 1. The van der Waals surface area contributed by atoms with Gasteiger partial charge in [-0.15, -0.1) is 0 Å². The molecule has 3 aromatic carbocycles. The Morgan fingerprint density at radius 3 is 2.58 bits per heavy atom. The van der Waals surface area contributed by atoms with Crippen LogP contribution in [0.3, 0.4) is 0 Å². The van der Waals surface area contributed by atoms with Gasteiger partial charge in [0, 0.05) is 33.3 Å². The van der Waals surface area contributed by atoms with Gasteiger partial charge in [-0.05, 0) is 73.2 Å². The van der Waals surface area contributed by atoms with Crippen molar-refractivity contribution in [2.45, 2.75) is 44.9 Å². The molecule has 0 unspecified atom stereocenters. The first-order chi connectivity index (χ1) is 15.2. The Bertz CT molecular complexity index is 1440. The number of benzene rings is 3. The highest BCUT2D eigenvalue weighted by Gasteiger charge is 2.21. The van der Waals surface area contributed by atoms with Crippen molar-refractivity contribution in [1.29, 1.82) is 0 Å². The predicted molar refractivity (Wildman–Crippen MR) is 125 cm³/mol. The first-order valence-electron chi connectivity index (χ1n) is 11.2. The molecule has 1 aliphatic carbocycles. The van der Waals surface area contributed by atoms with Crippen LogP contribution in [0.15, 0.2) is 65.1 Å². The molecule has 3 heteroatoms. The van der Waals surface area contributed by atoms with E-state index in [0.29, 0.717) is 5.92 Å². The van der Waals surface area contributed by atoms with E-state index in [-0.39, 0.29) is 5.82 Å². The molecular formula is C28H24FNO. The van der Waals surface area contributed by atoms with E-state index in [1.807, 2.05) is 24.3 Å². The van der Waals surface area contributed by atoms with Gasteiger partial charge in [-0.1, -0.05) is 37.5 Å². The lowest BCUT2D eigenvalue weighted by molar-refractivity contribution is 0.437. The van der Waals surface area contributed by atoms with Gasteiger partial charge in [0.2, 0.25) is 0 Å². The van der Waals surface area contributed by atoms with Crippen molar-refractivity contribution < 1.29 is 8.81 Å². The van der Waals surface area contributed by atoms with E-state index in [1.54, 1.807) is 6.07 Å². The van der Waals surface area contributed by atoms with Gasteiger partial charge in [-0.25, -0.2) is 4.39 Å². The van der Waals surface area contributed by atoms with E-state index in [0.717, 1.165) is 68.1 Å². The monoisotopic (exact) mass is 409 g/mol. The standard InChI is InChI=1S/C28H24FNO/c1-17-13-23-22-9-5-6-10-26(22)31-28(23)24(14-17)27-21-12-11-20(29)15-19(21)16-25(30-27)18-7-3-2-4-8-18/h5-6,9-16,18H,2-4,7-8H2,1H3. The van der Waals surface area contributed by atoms with Gasteiger partial charge in [-0.2, -0.15) is 0 Å². The number of pyridine rings is 1. The van der Waals surface area contributed by atoms with Crippen LogP contribution in [0.1, 0.15) is 49.3 Å². The van der Waals surface area contributed by atoms with Crippen molar-refractivity contribution in [3.05, 3.63) is 77.7 Å². The Labute approximate surface area is 180 Å². The Morgan fingerprint density at radius 2 is 1.71 bits per heavy atom. The summed E-state index contributed by atoms with van der Waals surface area (Å²) in [5, 5.41) is 4.09. The van der Waals surface area contributed by atoms with Crippen LogP contribution >= 0.6 is 0 Å². The number of hydrogen-bond acceptors (Lipinski definition) is 2. The molecule has 0 atom stereocenters. The first kappa shape index (κ1) is 18.6. The lowest BCUT2D eigenvalue weighted by atomic mass is 9.85. The zero-order chi connectivity index (χ0) is 20.9. The van der Waals surface area contributed by atoms with Crippen LogP contribution in [0.4, 0.5) is 4.39 Å². The van der Waals surface area contributed by atoms with Gasteiger partial charge in [0.15, 0.2) is 0 Å². The summed E-state index contributed by atoms with van der Waals surface area (Å²) in [6.07, 6.45) is 6.08. The highest BCUT2D eigenvalue weighted by atomic mass is 19.1. The molecule has 1 fully saturated rings. The highest BCUT2D eigenvalue weighted by Crippen LogP contribution is 2.40. The lowest BCUT2D eigenvalue weighted by Gasteiger charge is -2.22. The largest absolute Gasteiger partial charge is 0.455 e. The number of nitrogens with zero attached hydrogens (tertiary/aromatic N) is 1. The molecule has 0 radical (unpaired) electrons. The molecule has 0 bridgehead atoms. The predicted octanol–water partition coefficient (Wildman–Crippen LogP) is 8.30. The van der Waals surface area contributed by atoms with Crippen LogP contribution in [0.25, 0.3) is 44.0 Å². The van der Waals surface area contributed by atoms with Crippen LogP contribution in [0.2, 0.25) is 0 Å². The third-order valence-corrected chi connectivity index (χ3v) is 6.71. The maximum absolute atomic E-state index is 14.2. The molecule has 0 amide bonds. The molecule has 2 aromatic heterocycles. The van der Waals surface area contributed by atoms with Crippen molar-refractivity contribution in [2.24, 2.45) is 0 Å². The Kier molecular flexibility index (Phi) is 4.31. The summed E-state index contributed by atoms with van der Waals surface area (Å²) < 4.78 is 20.5. The minimum Gasteiger partial charge on any atom is -0.455 e. The van der Waals surface area contributed by atoms with E-state index < -0.39 is 0 Å². The minimum atomic E-state index is -0.211. The molecule has 1 saturated carbocycles. The average Bonchev–Trinajstić information content (AvgIpc) is 3.17. The van der Waals surface area contributed by atoms with Crippen LogP contribution in [-0.2, 0) is 0 Å². The van der Waals surface area contributed by atoms with Gasteiger partial charge in [0.25, 0.3) is 0 Å². The number of fused-ring (bicyclic) bond motifs is 4. The second-order valence-electron chi connectivity index (χ2n) is 8.88. The molecule has 2 heterocycles. The summed E-state index contributed by atoms with van der Waals surface area (Å²) in [5.41, 5.74) is 5.85. The van der Waals surface area contributed by atoms with E-state index in [4.69, 9.17) is 9.40 Å². The smallest absolute Gasteiger partial charge is 0.144 e. The third-order valence-electron chi connectivity index (χ3n) is 6.71. The number of aryl methyl sites for hydroxylation is 1. The topological polar surface area (TPSA) is 26.0 Å². The van der Waals surface area contributed by atoms with Crippen molar-refractivity contribution in [3.8, 4) is 11.3 Å². The fourth-order valence-corrected chi connectivity index (χ4v) is 5.21. The molecule has 1 aliphatic rings. The number of para-hydroxylation sites is 1. The van der Waals surface area contributed by atoms with E-state index in [1.165, 1.54) is 25.3 Å². The number of aromatic nitrogens is 1. The van der Waals surface area contributed by atoms with Crippen molar-refractivity contribution >= 4 is 32.7 Å². The second kappa shape index (κ2) is 7.19. The Hall–Kier alpha value is -3.20. The van der Waals surface area contributed by atoms with Gasteiger partial charge in [0.05, 0.1) is 5.69 Å². The van der Waals surface area contributed by atoms with E-state index in [9.17, 15) is 4.39 Å². The van der Waals surface area contributed by atoms with Crippen LogP contribution in [0.5, 0.6) is 0 Å². The van der Waals surface area contributed by atoms with Crippen molar-refractivity contribution in [2.75, 3.05) is 0 Å². The normalized spacial score (nSPS) is 15.3. The average molecular weight is 410 g/mol. The maximum atomic E-state index is 14.2. The van der Waals surface area contributed by atoms with Crippen molar-refractivity contribution in [3.63, 3.8) is 0 Å². The molecule has 0 saturated heterocycles. The summed E-state index contributed by atoms with van der Waals surface area (Å²) >= 11 is 0. The highest BCUT2D eigenvalue weighted by molar-refractivity contribution is 6.11. The van der Waals surface area contributed by atoms with E-state index in [2.05, 4.69) is 31.2 Å². The SMILES string of the molecule is Cc1cc(-c2nc(C3CCCCC3)cc3cc(F)ccc23)c2oc3ccccc3c2c1. The van der Waals surface area contributed by atoms with Crippen LogP contribution in [-0.4, -0.2) is 4.98 Å². The molecule has 5 aromatic rings. The molecule has 6 rings (SSSR count). The molecule has 0 spiro atoms. The van der Waals surface area contributed by atoms with Gasteiger partial charge in [0.1, 0.15) is 17.0 Å². The molecule has 2 nitrogen and oxygen atoms in total. The lowest BCUT2D eigenvalue weighted by Crippen LogP contribution is -2.07. The molecular weight excluding hydrogens is 385 g/mol. The molecule has 0 N–H and O–H groups in total. The molecule has 0 aliphatic heterocycles. The third kappa shape index (κ3) is 3.11. The van der Waals surface area contributed by atoms with Crippen molar-refractivity contribution in [1.82, 2.24) is 4.98 Å². The van der Waals surface area contributed by atoms with E-state index >= 15 is 0 Å². The summed E-state index contributed by atoms with van der Waals surface area (Å²) in [7, 11) is 0. The minimum absolute atomic E-state index is 0.211. The van der Waals surface area contributed by atoms with Gasteiger partial charge < -0.3 is 4.42 Å². The summed E-state index contributed by atoms with van der Waals surface area (Å²) in [5.74, 6) is 0.230. The van der Waals surface area contributed by atoms with Gasteiger partial charge in [-0.3, -0.25) is 4.98 Å². The number of furan rings is 1. The van der Waals surface area contributed by atoms with Gasteiger partial charge >= 0.3 is 0 Å². The quantitative estimate of drug-likeness (QED) is 0.293. The fraction of sp³-hybridized carbons (Fsp3) is 0.250. The Morgan fingerprint density at radius 1 is 0.871 bits per heavy atom. The first-order valence-corrected chi connectivity index (χ1v) is 11.2. The van der Waals surface area contributed by atoms with Crippen LogP contribution in [0, 0.1) is 12.7 Å². The molecule has 31 heavy (non-hydrogen) atoms. The molecule has 154 valence electrons. The maximum Gasteiger partial charge on any atom is 0.144 e. The Balaban J connectivity index is 1.68. The summed E-state index contributed by atoms with van der Waals surface area (Å²) in [4.78, 5) is 5.20. The van der Waals surface area contributed by atoms with Crippen LogP contribution < -0.4 is 0 Å². The summed E-state index contributed by atoms with van der Waals surface area (Å²) in [6.45, 7) is 2.11.